The Morgan fingerprint density at radius 3 is 0.438 bits per heavy atom. The third kappa shape index (κ3) is 7.96. The second-order valence-electron chi connectivity index (χ2n) is 10.8. The van der Waals surface area contributed by atoms with Crippen LogP contribution in [0.1, 0.15) is 107 Å². The van der Waals surface area contributed by atoms with Crippen molar-refractivity contribution in [1.29, 1.82) is 0 Å². The summed E-state index contributed by atoms with van der Waals surface area (Å²) < 4.78 is 20.5. The standard InChI is InChI=1S/4C7H14O/c4*1-3-7(4-2)5-8-6-7/h4*3-6H2,1-2H3. The molecular weight excluding hydrogens is 400 g/mol. The molecule has 0 aromatic carbocycles. The molecular formula is C28H56O4. The van der Waals surface area contributed by atoms with Crippen molar-refractivity contribution in [2.75, 3.05) is 52.9 Å². The molecule has 4 fully saturated rings. The zero-order valence-electron chi connectivity index (χ0n) is 22.9. The fourth-order valence-electron chi connectivity index (χ4n) is 4.20. The van der Waals surface area contributed by atoms with Gasteiger partial charge in [0, 0.05) is 21.7 Å². The summed E-state index contributed by atoms with van der Waals surface area (Å²) in [6.07, 6.45) is 10.2. The van der Waals surface area contributed by atoms with Crippen molar-refractivity contribution in [2.45, 2.75) is 107 Å². The Labute approximate surface area is 200 Å². The Hall–Kier alpha value is -0.160. The smallest absolute Gasteiger partial charge is 0.0544 e. The third-order valence-corrected chi connectivity index (χ3v) is 9.27. The van der Waals surface area contributed by atoms with Crippen LogP contribution in [0, 0.1) is 21.7 Å². The summed E-state index contributed by atoms with van der Waals surface area (Å²) in [6, 6.07) is 0. The molecule has 0 unspecified atom stereocenters. The molecule has 4 aliphatic rings. The zero-order valence-corrected chi connectivity index (χ0v) is 22.9. The van der Waals surface area contributed by atoms with E-state index in [0.29, 0.717) is 21.7 Å². The molecule has 0 atom stereocenters. The molecule has 32 heavy (non-hydrogen) atoms. The van der Waals surface area contributed by atoms with Crippen LogP contribution in [-0.2, 0) is 18.9 Å². The maximum atomic E-state index is 5.12. The summed E-state index contributed by atoms with van der Waals surface area (Å²) in [7, 11) is 0. The van der Waals surface area contributed by atoms with Crippen molar-refractivity contribution >= 4 is 0 Å². The van der Waals surface area contributed by atoms with Crippen LogP contribution >= 0.6 is 0 Å². The van der Waals surface area contributed by atoms with Crippen molar-refractivity contribution in [3.8, 4) is 0 Å². The van der Waals surface area contributed by atoms with E-state index in [1.807, 2.05) is 0 Å². The first-order valence-electron chi connectivity index (χ1n) is 13.6. The van der Waals surface area contributed by atoms with Crippen LogP contribution in [0.15, 0.2) is 0 Å². The first-order valence-corrected chi connectivity index (χ1v) is 13.6. The normalized spacial score (nSPS) is 24.8. The third-order valence-electron chi connectivity index (χ3n) is 9.27. The van der Waals surface area contributed by atoms with E-state index >= 15 is 0 Å². The molecule has 0 radical (unpaired) electrons. The van der Waals surface area contributed by atoms with Gasteiger partial charge in [-0.2, -0.15) is 0 Å². The van der Waals surface area contributed by atoms with Gasteiger partial charge in [-0.05, 0) is 51.4 Å². The van der Waals surface area contributed by atoms with Gasteiger partial charge in [0.15, 0.2) is 0 Å². The molecule has 4 rings (SSSR count). The van der Waals surface area contributed by atoms with Gasteiger partial charge in [0.1, 0.15) is 0 Å². The van der Waals surface area contributed by atoms with Crippen molar-refractivity contribution in [3.63, 3.8) is 0 Å². The number of hydrogen-bond acceptors (Lipinski definition) is 4. The van der Waals surface area contributed by atoms with E-state index in [1.54, 1.807) is 0 Å². The number of rotatable bonds is 8. The van der Waals surface area contributed by atoms with E-state index in [4.69, 9.17) is 18.9 Å². The maximum Gasteiger partial charge on any atom is 0.0544 e. The van der Waals surface area contributed by atoms with Gasteiger partial charge < -0.3 is 18.9 Å². The highest BCUT2D eigenvalue weighted by Gasteiger charge is 2.36. The lowest BCUT2D eigenvalue weighted by molar-refractivity contribution is -0.116. The van der Waals surface area contributed by atoms with Crippen LogP contribution < -0.4 is 0 Å². The lowest BCUT2D eigenvalue weighted by Gasteiger charge is -2.39. The van der Waals surface area contributed by atoms with E-state index in [2.05, 4.69) is 55.4 Å². The highest BCUT2D eigenvalue weighted by molar-refractivity contribution is 4.84. The Morgan fingerprint density at radius 1 is 0.312 bits per heavy atom. The summed E-state index contributed by atoms with van der Waals surface area (Å²) >= 11 is 0. The van der Waals surface area contributed by atoms with E-state index < -0.39 is 0 Å². The van der Waals surface area contributed by atoms with Crippen molar-refractivity contribution in [3.05, 3.63) is 0 Å². The summed E-state index contributed by atoms with van der Waals surface area (Å²) in [4.78, 5) is 0. The number of ether oxygens (including phenoxy) is 4. The molecule has 0 N–H and O–H groups in total. The predicted molar refractivity (Wildman–Crippen MR) is 135 cm³/mol. The molecule has 0 amide bonds. The van der Waals surface area contributed by atoms with Gasteiger partial charge in [-0.1, -0.05) is 55.4 Å². The average molecular weight is 457 g/mol. The molecule has 4 nitrogen and oxygen atoms in total. The Kier molecular flexibility index (Phi) is 13.3. The van der Waals surface area contributed by atoms with Crippen LogP contribution in [-0.4, -0.2) is 52.9 Å². The van der Waals surface area contributed by atoms with Crippen LogP contribution in [0.4, 0.5) is 0 Å². The second-order valence-corrected chi connectivity index (χ2v) is 10.8. The molecule has 4 heteroatoms. The van der Waals surface area contributed by atoms with E-state index in [0.717, 1.165) is 52.9 Å². The van der Waals surface area contributed by atoms with Crippen LogP contribution in [0.2, 0.25) is 0 Å². The Bertz CT molecular complexity index is 332. The SMILES string of the molecule is CCC1(CC)COC1.CCC1(CC)COC1.CCC1(CC)COC1.CCC1(CC)COC1. The minimum absolute atomic E-state index is 0.583. The zero-order chi connectivity index (χ0) is 24.1. The monoisotopic (exact) mass is 456 g/mol. The van der Waals surface area contributed by atoms with Crippen LogP contribution in [0.3, 0.4) is 0 Å². The summed E-state index contributed by atoms with van der Waals surface area (Å²) in [5.41, 5.74) is 2.33. The molecule has 4 aliphatic heterocycles. The first kappa shape index (κ1) is 29.9. The average Bonchev–Trinajstić information content (AvgIpc) is 2.70. The molecule has 0 spiro atoms. The van der Waals surface area contributed by atoms with Crippen molar-refractivity contribution in [1.82, 2.24) is 0 Å². The molecule has 4 heterocycles. The molecule has 0 aliphatic carbocycles. The molecule has 0 aromatic heterocycles. The fraction of sp³-hybridized carbons (Fsp3) is 1.00. The maximum absolute atomic E-state index is 5.12. The summed E-state index contributed by atoms with van der Waals surface area (Å²) in [5, 5.41) is 0. The minimum Gasteiger partial charge on any atom is -0.380 e. The molecule has 4 saturated heterocycles. The molecule has 0 saturated carbocycles. The molecule has 0 bridgehead atoms. The Balaban J connectivity index is 0.000000213. The highest BCUT2D eigenvalue weighted by atomic mass is 16.5. The van der Waals surface area contributed by atoms with Gasteiger partial charge in [0.05, 0.1) is 52.9 Å². The fourth-order valence-corrected chi connectivity index (χ4v) is 4.20. The van der Waals surface area contributed by atoms with E-state index in [1.165, 1.54) is 51.4 Å². The van der Waals surface area contributed by atoms with Gasteiger partial charge in [-0.3, -0.25) is 0 Å². The predicted octanol–water partition coefficient (Wildman–Crippen LogP) is 7.29. The Morgan fingerprint density at radius 2 is 0.438 bits per heavy atom. The van der Waals surface area contributed by atoms with Gasteiger partial charge in [-0.25, -0.2) is 0 Å². The van der Waals surface area contributed by atoms with E-state index in [9.17, 15) is 0 Å². The van der Waals surface area contributed by atoms with Gasteiger partial charge in [-0.15, -0.1) is 0 Å². The lowest BCUT2D eigenvalue weighted by atomic mass is 9.81. The quantitative estimate of drug-likeness (QED) is 0.384. The van der Waals surface area contributed by atoms with Crippen molar-refractivity contribution in [2.24, 2.45) is 21.7 Å². The molecule has 0 aromatic rings. The summed E-state index contributed by atoms with van der Waals surface area (Å²) in [5.74, 6) is 0. The van der Waals surface area contributed by atoms with Crippen LogP contribution in [0.5, 0.6) is 0 Å². The number of hydrogen-bond donors (Lipinski definition) is 0. The van der Waals surface area contributed by atoms with Crippen molar-refractivity contribution < 1.29 is 18.9 Å². The lowest BCUT2D eigenvalue weighted by Crippen LogP contribution is -2.41. The minimum atomic E-state index is 0.583. The molecule has 192 valence electrons. The van der Waals surface area contributed by atoms with Gasteiger partial charge in [0.2, 0.25) is 0 Å². The second kappa shape index (κ2) is 14.3. The first-order chi connectivity index (χ1) is 15.3. The van der Waals surface area contributed by atoms with Gasteiger partial charge >= 0.3 is 0 Å². The van der Waals surface area contributed by atoms with Gasteiger partial charge in [0.25, 0.3) is 0 Å². The topological polar surface area (TPSA) is 36.9 Å². The largest absolute Gasteiger partial charge is 0.380 e. The van der Waals surface area contributed by atoms with E-state index in [-0.39, 0.29) is 0 Å². The van der Waals surface area contributed by atoms with Crippen LogP contribution in [0.25, 0.3) is 0 Å². The highest BCUT2D eigenvalue weighted by Crippen LogP contribution is 2.36. The summed E-state index contributed by atoms with van der Waals surface area (Å²) in [6.45, 7) is 25.9.